The number of rotatable bonds is 12. The van der Waals surface area contributed by atoms with E-state index in [2.05, 4.69) is 38.7 Å². The average Bonchev–Trinajstić information content (AvgIpc) is 2.35. The Morgan fingerprint density at radius 2 is 1.37 bits per heavy atom. The van der Waals surface area contributed by atoms with Crippen LogP contribution in [-0.2, 0) is 0 Å². The summed E-state index contributed by atoms with van der Waals surface area (Å²) in [4.78, 5) is 2.60. The van der Waals surface area contributed by atoms with Gasteiger partial charge in [0.1, 0.15) is 0 Å². The quantitative estimate of drug-likeness (QED) is 0.295. The zero-order valence-corrected chi connectivity index (χ0v) is 14.0. The van der Waals surface area contributed by atoms with E-state index in [1.165, 1.54) is 70.0 Å². The summed E-state index contributed by atoms with van der Waals surface area (Å²) in [6, 6.07) is 0. The summed E-state index contributed by atoms with van der Waals surface area (Å²) in [5.74, 6) is 0. The van der Waals surface area contributed by atoms with E-state index in [0.717, 1.165) is 6.54 Å². The second-order valence-electron chi connectivity index (χ2n) is 5.47. The van der Waals surface area contributed by atoms with E-state index in [0.29, 0.717) is 0 Å². The van der Waals surface area contributed by atoms with E-state index in [-0.39, 0.29) is 18.9 Å². The van der Waals surface area contributed by atoms with Crippen LogP contribution in [0, 0.1) is 6.92 Å². The van der Waals surface area contributed by atoms with Gasteiger partial charge in [-0.3, -0.25) is 0 Å². The molecule has 0 aromatic heterocycles. The Morgan fingerprint density at radius 3 is 1.74 bits per heavy atom. The molecular weight excluding hydrogens is 225 g/mol. The summed E-state index contributed by atoms with van der Waals surface area (Å²) in [5, 5.41) is 0. The molecule has 108 valence electrons. The van der Waals surface area contributed by atoms with Gasteiger partial charge in [0.15, 0.2) is 0 Å². The van der Waals surface area contributed by atoms with Crippen LogP contribution in [0.15, 0.2) is 11.6 Å². The number of unbranched alkanes of at least 4 members (excludes halogenated alkanes) is 6. The van der Waals surface area contributed by atoms with Gasteiger partial charge in [0.05, 0.1) is 0 Å². The summed E-state index contributed by atoms with van der Waals surface area (Å²) in [6.45, 7) is 14.2. The van der Waals surface area contributed by atoms with Crippen LogP contribution in [0.25, 0.3) is 0 Å². The van der Waals surface area contributed by atoms with Crippen LogP contribution < -0.4 is 18.9 Å². The SMILES string of the molecule is [CH2-]/C(C)=C/CN(CCCCCC)CCCCCC.[Li+]. The van der Waals surface area contributed by atoms with Gasteiger partial charge in [-0.25, -0.2) is 18.6 Å². The molecule has 0 radical (unpaired) electrons. The van der Waals surface area contributed by atoms with Crippen molar-refractivity contribution in [2.24, 2.45) is 0 Å². The minimum Gasteiger partial charge on any atom is -0.316 e. The zero-order valence-electron chi connectivity index (χ0n) is 14.0. The van der Waals surface area contributed by atoms with Gasteiger partial charge in [-0.05, 0) is 32.5 Å². The topological polar surface area (TPSA) is 3.24 Å². The van der Waals surface area contributed by atoms with Crippen molar-refractivity contribution in [1.29, 1.82) is 0 Å². The number of allylic oxidation sites excluding steroid dienone is 1. The van der Waals surface area contributed by atoms with Crippen molar-refractivity contribution in [3.8, 4) is 0 Å². The molecule has 0 amide bonds. The van der Waals surface area contributed by atoms with Gasteiger partial charge in [-0.15, -0.1) is 0 Å². The van der Waals surface area contributed by atoms with E-state index in [1.807, 2.05) is 0 Å². The van der Waals surface area contributed by atoms with Gasteiger partial charge >= 0.3 is 18.9 Å². The van der Waals surface area contributed by atoms with E-state index in [9.17, 15) is 0 Å². The van der Waals surface area contributed by atoms with Gasteiger partial charge in [-0.1, -0.05) is 59.3 Å². The fraction of sp³-hybridized carbons (Fsp3) is 0.824. The molecule has 0 bridgehead atoms. The van der Waals surface area contributed by atoms with Crippen LogP contribution in [0.3, 0.4) is 0 Å². The molecule has 0 rings (SSSR count). The standard InChI is InChI=1S/C17H34N.Li/c1-5-7-9-11-14-18(16-13-17(3)4)15-12-10-8-6-2;/h13H,3,5-12,14-16H2,1-2,4H3;/q-1;+1/b17-13-;. The third kappa shape index (κ3) is 16.1. The maximum atomic E-state index is 3.96. The van der Waals surface area contributed by atoms with Gasteiger partial charge < -0.3 is 4.90 Å². The molecule has 0 aliphatic rings. The van der Waals surface area contributed by atoms with Crippen molar-refractivity contribution < 1.29 is 18.9 Å². The van der Waals surface area contributed by atoms with Crippen LogP contribution in [0.2, 0.25) is 0 Å². The maximum absolute atomic E-state index is 3.96. The van der Waals surface area contributed by atoms with Crippen molar-refractivity contribution in [1.82, 2.24) is 4.90 Å². The van der Waals surface area contributed by atoms with E-state index < -0.39 is 0 Å². The summed E-state index contributed by atoms with van der Waals surface area (Å²) in [7, 11) is 0. The fourth-order valence-electron chi connectivity index (χ4n) is 2.10. The molecule has 19 heavy (non-hydrogen) atoms. The number of nitrogens with zero attached hydrogens (tertiary/aromatic N) is 1. The molecule has 2 heteroatoms. The second-order valence-corrected chi connectivity index (χ2v) is 5.47. The summed E-state index contributed by atoms with van der Waals surface area (Å²) >= 11 is 0. The largest absolute Gasteiger partial charge is 1.00 e. The molecule has 0 N–H and O–H groups in total. The predicted molar refractivity (Wildman–Crippen MR) is 83.8 cm³/mol. The Labute approximate surface area is 134 Å². The molecule has 0 atom stereocenters. The van der Waals surface area contributed by atoms with Crippen molar-refractivity contribution in [3.05, 3.63) is 18.6 Å². The second kappa shape index (κ2) is 16.2. The van der Waals surface area contributed by atoms with Crippen molar-refractivity contribution in [3.63, 3.8) is 0 Å². The Hall–Kier alpha value is 0.167. The van der Waals surface area contributed by atoms with Crippen LogP contribution in [0.4, 0.5) is 0 Å². The van der Waals surface area contributed by atoms with E-state index in [1.54, 1.807) is 0 Å². The van der Waals surface area contributed by atoms with Gasteiger partial charge in [0.25, 0.3) is 0 Å². The summed E-state index contributed by atoms with van der Waals surface area (Å²) in [5.41, 5.74) is 1.20. The van der Waals surface area contributed by atoms with Crippen molar-refractivity contribution in [2.45, 2.75) is 72.1 Å². The van der Waals surface area contributed by atoms with Crippen LogP contribution in [0.5, 0.6) is 0 Å². The van der Waals surface area contributed by atoms with Gasteiger partial charge in [-0.2, -0.15) is 0 Å². The van der Waals surface area contributed by atoms with E-state index >= 15 is 0 Å². The zero-order chi connectivity index (χ0) is 13.6. The minimum atomic E-state index is 0. The molecule has 0 heterocycles. The molecule has 0 aliphatic heterocycles. The van der Waals surface area contributed by atoms with Crippen LogP contribution >= 0.6 is 0 Å². The normalized spacial score (nSPS) is 11.7. The first kappa shape index (κ1) is 21.5. The Balaban J connectivity index is 0. The number of hydrogen-bond donors (Lipinski definition) is 0. The first-order chi connectivity index (χ1) is 8.70. The molecule has 0 saturated carbocycles. The maximum Gasteiger partial charge on any atom is 1.00 e. The Kier molecular flexibility index (Phi) is 18.3. The predicted octanol–water partition coefficient (Wildman–Crippen LogP) is 2.23. The van der Waals surface area contributed by atoms with Gasteiger partial charge in [0, 0.05) is 0 Å². The van der Waals surface area contributed by atoms with Crippen LogP contribution in [-0.4, -0.2) is 24.5 Å². The molecular formula is C17H34LiN. The smallest absolute Gasteiger partial charge is 0.316 e. The molecule has 0 aromatic rings. The third-order valence-electron chi connectivity index (χ3n) is 3.35. The first-order valence-electron chi connectivity index (χ1n) is 7.91. The molecule has 0 fully saturated rings. The fourth-order valence-corrected chi connectivity index (χ4v) is 2.10. The Bertz CT molecular complexity index is 185. The molecule has 0 spiro atoms. The molecule has 0 unspecified atom stereocenters. The van der Waals surface area contributed by atoms with Crippen LogP contribution in [0.1, 0.15) is 72.1 Å². The number of hydrogen-bond acceptors (Lipinski definition) is 1. The summed E-state index contributed by atoms with van der Waals surface area (Å²) < 4.78 is 0. The average molecular weight is 259 g/mol. The minimum absolute atomic E-state index is 0. The molecule has 0 aliphatic carbocycles. The summed E-state index contributed by atoms with van der Waals surface area (Å²) in [6.07, 6.45) is 13.2. The van der Waals surface area contributed by atoms with Crippen molar-refractivity contribution >= 4 is 0 Å². The molecule has 0 aromatic carbocycles. The van der Waals surface area contributed by atoms with E-state index in [4.69, 9.17) is 0 Å². The monoisotopic (exact) mass is 259 g/mol. The Morgan fingerprint density at radius 1 is 0.895 bits per heavy atom. The van der Waals surface area contributed by atoms with Crippen molar-refractivity contribution in [2.75, 3.05) is 19.6 Å². The molecule has 1 nitrogen and oxygen atoms in total. The molecule has 0 saturated heterocycles. The van der Waals surface area contributed by atoms with Gasteiger partial charge in [0.2, 0.25) is 0 Å². The third-order valence-corrected chi connectivity index (χ3v) is 3.35. The first-order valence-corrected chi connectivity index (χ1v) is 7.91.